The Morgan fingerprint density at radius 2 is 1.97 bits per heavy atom. The number of carbonyl (C=O) groups excluding carboxylic acids is 2. The molecule has 1 atom stereocenters. The third kappa shape index (κ3) is 5.59. The Kier molecular flexibility index (Phi) is 7.73. The molecule has 4 rings (SSSR count). The number of amides is 1. The minimum absolute atomic E-state index is 0.0486. The second-order valence-corrected chi connectivity index (χ2v) is 8.72. The van der Waals surface area contributed by atoms with E-state index in [1.54, 1.807) is 36.3 Å². The highest BCUT2D eigenvalue weighted by molar-refractivity contribution is 5.98. The number of fused-ring (bicyclic) bond motifs is 1. The van der Waals surface area contributed by atoms with Crippen LogP contribution in [0.4, 0.5) is 5.69 Å². The fourth-order valence-corrected chi connectivity index (χ4v) is 4.25. The van der Waals surface area contributed by atoms with Gasteiger partial charge in [0.15, 0.2) is 18.1 Å². The van der Waals surface area contributed by atoms with Gasteiger partial charge in [-0.2, -0.15) is 0 Å². The number of aryl methyl sites for hydroxylation is 3. The molecular weight excluding hydrogens is 460 g/mol. The van der Waals surface area contributed by atoms with Crippen molar-refractivity contribution in [1.82, 2.24) is 5.16 Å². The van der Waals surface area contributed by atoms with E-state index in [4.69, 9.17) is 18.7 Å². The quantitative estimate of drug-likeness (QED) is 0.331. The highest BCUT2D eigenvalue weighted by Crippen LogP contribution is 2.31. The van der Waals surface area contributed by atoms with E-state index in [2.05, 4.69) is 5.16 Å². The van der Waals surface area contributed by atoms with Crippen LogP contribution in [0.1, 0.15) is 41.5 Å². The molecule has 1 aliphatic heterocycles. The van der Waals surface area contributed by atoms with Crippen molar-refractivity contribution < 1.29 is 28.3 Å². The molecule has 1 unspecified atom stereocenters. The third-order valence-corrected chi connectivity index (χ3v) is 6.28. The lowest BCUT2D eigenvalue weighted by molar-refractivity contribution is -0.143. The first kappa shape index (κ1) is 25.0. The summed E-state index contributed by atoms with van der Waals surface area (Å²) in [5.74, 6) is 0.947. The highest BCUT2D eigenvalue weighted by Gasteiger charge is 2.28. The Morgan fingerprint density at radius 1 is 1.17 bits per heavy atom. The summed E-state index contributed by atoms with van der Waals surface area (Å²) < 4.78 is 21.7. The molecule has 0 spiro atoms. The summed E-state index contributed by atoms with van der Waals surface area (Å²) in [5, 5.41) is 3.93. The number of hydrogen-bond acceptors (Lipinski definition) is 7. The number of ether oxygens (including phenoxy) is 3. The molecule has 1 amide bonds. The SMILES string of the molecule is COc1cc(C=CC(=O)OCC(=O)N2c3ccccc3CCC2C)ccc1OCc1c(C)noc1C. The fourth-order valence-electron chi connectivity index (χ4n) is 4.25. The summed E-state index contributed by atoms with van der Waals surface area (Å²) in [6.07, 6.45) is 4.69. The number of benzene rings is 2. The Hall–Kier alpha value is -4.07. The van der Waals surface area contributed by atoms with Crippen LogP contribution in [0.25, 0.3) is 6.08 Å². The van der Waals surface area contributed by atoms with Gasteiger partial charge >= 0.3 is 5.97 Å². The maximum absolute atomic E-state index is 12.8. The number of rotatable bonds is 8. The van der Waals surface area contributed by atoms with Crippen molar-refractivity contribution in [2.75, 3.05) is 18.6 Å². The molecule has 36 heavy (non-hydrogen) atoms. The predicted molar refractivity (Wildman–Crippen MR) is 135 cm³/mol. The second-order valence-electron chi connectivity index (χ2n) is 8.72. The van der Waals surface area contributed by atoms with Gasteiger partial charge in [0.05, 0.1) is 18.4 Å². The standard InChI is InChI=1S/C28H30N2O6/c1-18-9-12-22-7-5-6-8-24(22)30(18)27(31)17-35-28(32)14-11-21-10-13-25(26(15-21)33-4)34-16-23-19(2)29-36-20(23)3/h5-8,10-11,13-15,18H,9,12,16-17H2,1-4H3. The van der Waals surface area contributed by atoms with Crippen LogP contribution in [0.3, 0.4) is 0 Å². The van der Waals surface area contributed by atoms with Crippen molar-refractivity contribution in [3.05, 3.63) is 76.7 Å². The minimum Gasteiger partial charge on any atom is -0.493 e. The largest absolute Gasteiger partial charge is 0.493 e. The van der Waals surface area contributed by atoms with Crippen LogP contribution >= 0.6 is 0 Å². The molecule has 0 fully saturated rings. The number of para-hydroxylation sites is 1. The van der Waals surface area contributed by atoms with E-state index in [9.17, 15) is 9.59 Å². The highest BCUT2D eigenvalue weighted by atomic mass is 16.5. The molecular formula is C28H30N2O6. The van der Waals surface area contributed by atoms with Crippen molar-refractivity contribution in [2.24, 2.45) is 0 Å². The summed E-state index contributed by atoms with van der Waals surface area (Å²) in [6.45, 7) is 5.68. The Balaban J connectivity index is 1.34. The molecule has 0 radical (unpaired) electrons. The van der Waals surface area contributed by atoms with Gasteiger partial charge in [-0.3, -0.25) is 4.79 Å². The molecule has 0 saturated heterocycles. The third-order valence-electron chi connectivity index (χ3n) is 6.28. The number of aromatic nitrogens is 1. The molecule has 8 heteroatoms. The molecule has 1 aliphatic rings. The van der Waals surface area contributed by atoms with Crippen LogP contribution in [-0.4, -0.2) is 36.8 Å². The van der Waals surface area contributed by atoms with Gasteiger partial charge < -0.3 is 23.6 Å². The van der Waals surface area contributed by atoms with E-state index in [0.29, 0.717) is 23.9 Å². The summed E-state index contributed by atoms with van der Waals surface area (Å²) in [6, 6.07) is 13.2. The van der Waals surface area contributed by atoms with Gasteiger partial charge in [0, 0.05) is 17.8 Å². The molecule has 2 aromatic carbocycles. The first-order chi connectivity index (χ1) is 17.4. The minimum atomic E-state index is -0.598. The van der Waals surface area contributed by atoms with Crippen LogP contribution in [0.2, 0.25) is 0 Å². The molecule has 8 nitrogen and oxygen atoms in total. The van der Waals surface area contributed by atoms with Gasteiger partial charge in [-0.15, -0.1) is 0 Å². The van der Waals surface area contributed by atoms with E-state index in [1.165, 1.54) is 6.08 Å². The van der Waals surface area contributed by atoms with E-state index >= 15 is 0 Å². The topological polar surface area (TPSA) is 91.1 Å². The summed E-state index contributed by atoms with van der Waals surface area (Å²) in [7, 11) is 1.55. The van der Waals surface area contributed by atoms with Crippen molar-refractivity contribution in [3.8, 4) is 11.5 Å². The van der Waals surface area contributed by atoms with Gasteiger partial charge in [0.25, 0.3) is 5.91 Å². The van der Waals surface area contributed by atoms with E-state index in [0.717, 1.165) is 40.9 Å². The first-order valence-corrected chi connectivity index (χ1v) is 11.8. The number of hydrogen-bond donors (Lipinski definition) is 0. The van der Waals surface area contributed by atoms with Gasteiger partial charge in [0.2, 0.25) is 0 Å². The zero-order chi connectivity index (χ0) is 25.7. The van der Waals surface area contributed by atoms with Gasteiger partial charge in [0.1, 0.15) is 12.4 Å². The van der Waals surface area contributed by atoms with Gasteiger partial charge in [-0.1, -0.05) is 29.4 Å². The normalized spacial score (nSPS) is 15.0. The van der Waals surface area contributed by atoms with Gasteiger partial charge in [-0.25, -0.2) is 4.79 Å². The zero-order valence-corrected chi connectivity index (χ0v) is 20.9. The second kappa shape index (κ2) is 11.1. The number of nitrogens with zero attached hydrogens (tertiary/aromatic N) is 2. The van der Waals surface area contributed by atoms with Crippen molar-refractivity contribution >= 4 is 23.6 Å². The Bertz CT molecular complexity index is 1260. The zero-order valence-electron chi connectivity index (χ0n) is 20.9. The number of carbonyl (C=O) groups is 2. The molecule has 3 aromatic rings. The molecule has 0 saturated carbocycles. The van der Waals surface area contributed by atoms with Crippen molar-refractivity contribution in [1.29, 1.82) is 0 Å². The lowest BCUT2D eigenvalue weighted by atomic mass is 9.96. The smallest absolute Gasteiger partial charge is 0.331 e. The van der Waals surface area contributed by atoms with E-state index in [1.807, 2.05) is 45.0 Å². The lowest BCUT2D eigenvalue weighted by Gasteiger charge is -2.35. The van der Waals surface area contributed by atoms with Crippen LogP contribution in [0, 0.1) is 13.8 Å². The predicted octanol–water partition coefficient (Wildman–Crippen LogP) is 4.80. The van der Waals surface area contributed by atoms with Crippen molar-refractivity contribution in [3.63, 3.8) is 0 Å². The molecule has 2 heterocycles. The van der Waals surface area contributed by atoms with Crippen molar-refractivity contribution in [2.45, 2.75) is 46.3 Å². The van der Waals surface area contributed by atoms with Crippen LogP contribution in [-0.2, 0) is 27.4 Å². The monoisotopic (exact) mass is 490 g/mol. The van der Waals surface area contributed by atoms with Crippen LogP contribution in [0.5, 0.6) is 11.5 Å². The average molecular weight is 491 g/mol. The Morgan fingerprint density at radius 3 is 2.72 bits per heavy atom. The van der Waals surface area contributed by atoms with Crippen LogP contribution < -0.4 is 14.4 Å². The van der Waals surface area contributed by atoms with E-state index < -0.39 is 5.97 Å². The number of esters is 1. The number of anilines is 1. The van der Waals surface area contributed by atoms with E-state index in [-0.39, 0.29) is 18.6 Å². The molecule has 188 valence electrons. The molecule has 1 aromatic heterocycles. The fraction of sp³-hybridized carbons (Fsp3) is 0.321. The lowest BCUT2D eigenvalue weighted by Crippen LogP contribution is -2.44. The molecule has 0 N–H and O–H groups in total. The summed E-state index contributed by atoms with van der Waals surface area (Å²) >= 11 is 0. The summed E-state index contributed by atoms with van der Waals surface area (Å²) in [5.41, 5.74) is 4.40. The first-order valence-electron chi connectivity index (χ1n) is 11.8. The molecule has 0 aliphatic carbocycles. The Labute approximate surface area is 210 Å². The maximum Gasteiger partial charge on any atom is 0.331 e. The number of methoxy groups -OCH3 is 1. The summed E-state index contributed by atoms with van der Waals surface area (Å²) in [4.78, 5) is 26.9. The van der Waals surface area contributed by atoms with Gasteiger partial charge in [-0.05, 0) is 69.0 Å². The average Bonchev–Trinajstić information content (AvgIpc) is 3.21. The molecule has 0 bridgehead atoms. The van der Waals surface area contributed by atoms with Crippen LogP contribution in [0.15, 0.2) is 53.1 Å². The maximum atomic E-state index is 12.8.